The van der Waals surface area contributed by atoms with Crippen LogP contribution in [0.2, 0.25) is 0 Å². The summed E-state index contributed by atoms with van der Waals surface area (Å²) in [5, 5.41) is 8.00. The van der Waals surface area contributed by atoms with Gasteiger partial charge in [-0.1, -0.05) is 115 Å². The van der Waals surface area contributed by atoms with Crippen LogP contribution in [0.4, 0.5) is 39.8 Å². The number of para-hydroxylation sites is 3. The second-order valence-electron chi connectivity index (χ2n) is 13.0. The molecule has 1 N–H and O–H groups in total. The van der Waals surface area contributed by atoms with Gasteiger partial charge in [0.15, 0.2) is 6.23 Å². The number of furan rings is 1. The van der Waals surface area contributed by atoms with Gasteiger partial charge in [-0.3, -0.25) is 0 Å². The van der Waals surface area contributed by atoms with Gasteiger partial charge in [-0.15, -0.1) is 0 Å². The molecule has 1 aliphatic rings. The predicted octanol–water partition coefficient (Wildman–Crippen LogP) is 13.2. The quantitative estimate of drug-likeness (QED) is 0.183. The maximum Gasteiger partial charge on any atom is 0.196 e. The number of nitrogens with zero attached hydrogens (tertiary/aromatic N) is 2. The summed E-state index contributed by atoms with van der Waals surface area (Å²) in [5.74, 6) is 0.821. The van der Waals surface area contributed by atoms with E-state index in [0.717, 1.165) is 83.8 Å². The summed E-state index contributed by atoms with van der Waals surface area (Å²) in [7, 11) is 0. The highest BCUT2D eigenvalue weighted by atomic mass is 16.5. The molecule has 1 unspecified atom stereocenters. The fourth-order valence-corrected chi connectivity index (χ4v) is 7.56. The lowest BCUT2D eigenvalue weighted by molar-refractivity contribution is 0.260. The molecule has 52 heavy (non-hydrogen) atoms. The number of hydrogen-bond acceptors (Lipinski definition) is 5. The van der Waals surface area contributed by atoms with E-state index in [2.05, 4.69) is 173 Å². The Morgan fingerprint density at radius 2 is 0.962 bits per heavy atom. The van der Waals surface area contributed by atoms with Gasteiger partial charge in [0.25, 0.3) is 0 Å². The maximum atomic E-state index is 6.74. The summed E-state index contributed by atoms with van der Waals surface area (Å²) in [6.07, 6.45) is -0.274. The Morgan fingerprint density at radius 3 is 1.62 bits per heavy atom. The van der Waals surface area contributed by atoms with Gasteiger partial charge in [-0.25, -0.2) is 0 Å². The Bertz CT molecular complexity index is 2660. The van der Waals surface area contributed by atoms with Crippen LogP contribution in [0.15, 0.2) is 192 Å². The molecule has 0 bridgehead atoms. The summed E-state index contributed by atoms with van der Waals surface area (Å²) < 4.78 is 13.2. The number of nitrogens with one attached hydrogen (secondary N) is 1. The molecule has 0 aliphatic carbocycles. The topological polar surface area (TPSA) is 40.9 Å². The number of rotatable bonds is 7. The molecule has 0 saturated heterocycles. The molecule has 0 spiro atoms. The third-order valence-corrected chi connectivity index (χ3v) is 9.84. The van der Waals surface area contributed by atoms with Crippen LogP contribution in [0.25, 0.3) is 32.7 Å². The third-order valence-electron chi connectivity index (χ3n) is 9.84. The Hall–Kier alpha value is -6.98. The molecule has 1 atom stereocenters. The fraction of sp³-hybridized carbons (Fsp3) is 0.0213. The minimum Gasteiger partial charge on any atom is -0.464 e. The van der Waals surface area contributed by atoms with Crippen LogP contribution in [0.5, 0.6) is 5.75 Å². The van der Waals surface area contributed by atoms with Crippen molar-refractivity contribution in [2.45, 2.75) is 6.23 Å². The average molecular weight is 672 g/mol. The Balaban J connectivity index is 1.17. The molecule has 5 heteroatoms. The highest BCUT2D eigenvalue weighted by Gasteiger charge is 2.29. The summed E-state index contributed by atoms with van der Waals surface area (Å²) in [4.78, 5) is 4.63. The molecule has 5 nitrogen and oxygen atoms in total. The maximum absolute atomic E-state index is 6.74. The van der Waals surface area contributed by atoms with Crippen LogP contribution in [-0.2, 0) is 0 Å². The van der Waals surface area contributed by atoms with Crippen molar-refractivity contribution < 1.29 is 9.15 Å². The SMILES string of the molecule is c1ccc(C2Nc3c(ccc4oc5cc(N(c6ccccc6)c6cccc(N(c7ccccc7)c7ccccc7)c6)c6ccccc6c5c34)O2)cc1. The Kier molecular flexibility index (Phi) is 7.14. The van der Waals surface area contributed by atoms with Crippen molar-refractivity contribution in [1.29, 1.82) is 0 Å². The normalized spacial score (nSPS) is 13.5. The third kappa shape index (κ3) is 5.02. The number of ether oxygens (including phenoxy) is 1. The average Bonchev–Trinajstić information content (AvgIpc) is 3.82. The molecule has 0 amide bonds. The zero-order valence-corrected chi connectivity index (χ0v) is 28.2. The van der Waals surface area contributed by atoms with Crippen LogP contribution in [0, 0.1) is 0 Å². The van der Waals surface area contributed by atoms with E-state index in [-0.39, 0.29) is 6.23 Å². The smallest absolute Gasteiger partial charge is 0.196 e. The van der Waals surface area contributed by atoms with Crippen molar-refractivity contribution in [1.82, 2.24) is 0 Å². The molecule has 0 radical (unpaired) electrons. The van der Waals surface area contributed by atoms with E-state index in [4.69, 9.17) is 9.15 Å². The van der Waals surface area contributed by atoms with Gasteiger partial charge in [0.1, 0.15) is 16.9 Å². The van der Waals surface area contributed by atoms with Crippen LogP contribution < -0.4 is 19.9 Å². The molecule has 9 aromatic rings. The molecule has 10 rings (SSSR count). The standard InChI is InChI=1S/C47H33N3O2/c1-5-16-32(17-6-1)47-48-46-42(52-47)29-28-41-45(46)44-39-27-14-13-26-38(39)40(31-43(44)51-41)50(35-22-11-4-12-23-35)37-25-15-24-36(30-37)49(33-18-7-2-8-19-33)34-20-9-3-10-21-34/h1-31,47-48H. The van der Waals surface area contributed by atoms with Crippen molar-refractivity contribution in [3.05, 3.63) is 194 Å². The van der Waals surface area contributed by atoms with Gasteiger partial charge >= 0.3 is 0 Å². The van der Waals surface area contributed by atoms with E-state index in [1.807, 2.05) is 30.3 Å². The molecule has 2 heterocycles. The molecule has 1 aromatic heterocycles. The number of hydrogen-bond donors (Lipinski definition) is 1. The van der Waals surface area contributed by atoms with E-state index < -0.39 is 0 Å². The fourth-order valence-electron chi connectivity index (χ4n) is 7.56. The van der Waals surface area contributed by atoms with Crippen molar-refractivity contribution in [3.8, 4) is 5.75 Å². The van der Waals surface area contributed by atoms with Crippen molar-refractivity contribution in [3.63, 3.8) is 0 Å². The van der Waals surface area contributed by atoms with E-state index in [0.29, 0.717) is 0 Å². The Morgan fingerprint density at radius 1 is 0.423 bits per heavy atom. The summed E-state index contributed by atoms with van der Waals surface area (Å²) in [5.41, 5.74) is 10.00. The zero-order valence-electron chi connectivity index (χ0n) is 28.2. The first kappa shape index (κ1) is 29.9. The summed E-state index contributed by atoms with van der Waals surface area (Å²) >= 11 is 0. The predicted molar refractivity (Wildman–Crippen MR) is 214 cm³/mol. The number of fused-ring (bicyclic) bond motifs is 7. The van der Waals surface area contributed by atoms with E-state index in [9.17, 15) is 0 Å². The van der Waals surface area contributed by atoms with E-state index >= 15 is 0 Å². The van der Waals surface area contributed by atoms with Crippen molar-refractivity contribution in [2.75, 3.05) is 15.1 Å². The largest absolute Gasteiger partial charge is 0.464 e. The molecular formula is C47H33N3O2. The van der Waals surface area contributed by atoms with E-state index in [1.165, 1.54) is 0 Å². The summed E-state index contributed by atoms with van der Waals surface area (Å²) in [6, 6.07) is 65.5. The second-order valence-corrected chi connectivity index (χ2v) is 13.0. The number of benzene rings is 8. The minimum absolute atomic E-state index is 0.274. The van der Waals surface area contributed by atoms with Crippen molar-refractivity contribution in [2.24, 2.45) is 0 Å². The highest BCUT2D eigenvalue weighted by molar-refractivity contribution is 6.26. The minimum atomic E-state index is -0.274. The molecule has 1 aliphatic heterocycles. The van der Waals surface area contributed by atoms with Crippen LogP contribution in [0.1, 0.15) is 11.8 Å². The zero-order chi connectivity index (χ0) is 34.4. The molecule has 0 saturated carbocycles. The van der Waals surface area contributed by atoms with Gasteiger partial charge in [0.05, 0.1) is 16.8 Å². The van der Waals surface area contributed by atoms with Gasteiger partial charge < -0.3 is 24.3 Å². The lowest BCUT2D eigenvalue weighted by atomic mass is 10.00. The van der Waals surface area contributed by atoms with Gasteiger partial charge in [-0.05, 0) is 72.1 Å². The van der Waals surface area contributed by atoms with Crippen LogP contribution >= 0.6 is 0 Å². The lowest BCUT2D eigenvalue weighted by Gasteiger charge is -2.30. The van der Waals surface area contributed by atoms with Gasteiger partial charge in [-0.2, -0.15) is 0 Å². The van der Waals surface area contributed by atoms with Gasteiger partial charge in [0.2, 0.25) is 0 Å². The highest BCUT2D eigenvalue weighted by Crippen LogP contribution is 2.50. The summed E-state index contributed by atoms with van der Waals surface area (Å²) in [6.45, 7) is 0. The second kappa shape index (κ2) is 12.4. The molecule has 248 valence electrons. The first-order valence-corrected chi connectivity index (χ1v) is 17.5. The first-order chi connectivity index (χ1) is 25.8. The lowest BCUT2D eigenvalue weighted by Crippen LogP contribution is -2.13. The first-order valence-electron chi connectivity index (χ1n) is 17.5. The van der Waals surface area contributed by atoms with Crippen LogP contribution in [0.3, 0.4) is 0 Å². The number of anilines is 7. The van der Waals surface area contributed by atoms with Crippen LogP contribution in [-0.4, -0.2) is 0 Å². The van der Waals surface area contributed by atoms with Crippen molar-refractivity contribution >= 4 is 72.5 Å². The van der Waals surface area contributed by atoms with Gasteiger partial charge in [0, 0.05) is 50.8 Å². The Labute approximate surface area is 301 Å². The molecule has 0 fully saturated rings. The monoisotopic (exact) mass is 671 g/mol. The molecule has 8 aromatic carbocycles. The molecular weight excluding hydrogens is 639 g/mol. The van der Waals surface area contributed by atoms with E-state index in [1.54, 1.807) is 0 Å².